The first-order valence-electron chi connectivity index (χ1n) is 10.1. The van der Waals surface area contributed by atoms with Crippen LogP contribution in [0, 0.1) is 18.3 Å². The third-order valence-corrected chi connectivity index (χ3v) is 5.18. The first-order chi connectivity index (χ1) is 14.2. The lowest BCUT2D eigenvalue weighted by molar-refractivity contribution is -0.128. The van der Waals surface area contributed by atoms with Gasteiger partial charge < -0.3 is 10.2 Å². The normalized spacial score (nSPS) is 15.0. The number of aryl methyl sites for hydroxylation is 1. The predicted octanol–water partition coefficient (Wildman–Crippen LogP) is 2.88. The zero-order chi connectivity index (χ0) is 20.5. The van der Waals surface area contributed by atoms with Crippen LogP contribution in [0.25, 0.3) is 0 Å². The summed E-state index contributed by atoms with van der Waals surface area (Å²) in [5.74, 6) is -0.185. The number of benzene rings is 2. The molecule has 1 aliphatic rings. The quantitative estimate of drug-likeness (QED) is 0.450. The van der Waals surface area contributed by atoms with E-state index in [-0.39, 0.29) is 11.5 Å². The highest BCUT2D eigenvalue weighted by Gasteiger charge is 2.23. The molecule has 0 radical (unpaired) electrons. The van der Waals surface area contributed by atoms with E-state index in [0.717, 1.165) is 26.1 Å². The number of rotatable bonds is 7. The van der Waals surface area contributed by atoms with Crippen molar-refractivity contribution in [1.82, 2.24) is 15.1 Å². The van der Waals surface area contributed by atoms with Gasteiger partial charge in [-0.15, -0.1) is 0 Å². The SMILES string of the molecule is Cc1ccc(CCN/C=C(/C#N)C(=O)N2CCN(Cc3ccccc3)CC2)cc1. The second kappa shape index (κ2) is 10.4. The van der Waals surface area contributed by atoms with Crippen molar-refractivity contribution in [2.45, 2.75) is 19.9 Å². The summed E-state index contributed by atoms with van der Waals surface area (Å²) in [5.41, 5.74) is 3.92. The summed E-state index contributed by atoms with van der Waals surface area (Å²) in [6, 6.07) is 20.8. The lowest BCUT2D eigenvalue weighted by atomic mass is 10.1. The van der Waals surface area contributed by atoms with Crippen LogP contribution in [0.15, 0.2) is 66.4 Å². The molecule has 1 aliphatic heterocycles. The van der Waals surface area contributed by atoms with Crippen molar-refractivity contribution in [3.05, 3.63) is 83.1 Å². The molecule has 5 heteroatoms. The molecule has 1 N–H and O–H groups in total. The molecule has 0 bridgehead atoms. The summed E-state index contributed by atoms with van der Waals surface area (Å²) in [5, 5.41) is 12.5. The Morgan fingerprint density at radius 3 is 2.38 bits per heavy atom. The number of piperazine rings is 1. The molecule has 1 amide bonds. The van der Waals surface area contributed by atoms with Crippen molar-refractivity contribution in [2.75, 3.05) is 32.7 Å². The minimum absolute atomic E-state index is 0.172. The van der Waals surface area contributed by atoms with Crippen molar-refractivity contribution < 1.29 is 4.79 Å². The van der Waals surface area contributed by atoms with E-state index in [4.69, 9.17) is 0 Å². The summed E-state index contributed by atoms with van der Waals surface area (Å²) in [6.07, 6.45) is 2.41. The lowest BCUT2D eigenvalue weighted by Gasteiger charge is -2.34. The van der Waals surface area contributed by atoms with Crippen molar-refractivity contribution >= 4 is 5.91 Å². The van der Waals surface area contributed by atoms with Gasteiger partial charge in [-0.25, -0.2) is 0 Å². The maximum Gasteiger partial charge on any atom is 0.266 e. The fourth-order valence-electron chi connectivity index (χ4n) is 3.41. The standard InChI is InChI=1S/C24H28N4O/c1-20-7-9-21(10-8-20)11-12-26-18-23(17-25)24(29)28-15-13-27(14-16-28)19-22-5-3-2-4-6-22/h2-10,18,26H,11-16,19H2,1H3/b23-18-. The highest BCUT2D eigenvalue weighted by atomic mass is 16.2. The van der Waals surface area contributed by atoms with E-state index >= 15 is 0 Å². The molecule has 5 nitrogen and oxygen atoms in total. The topological polar surface area (TPSA) is 59.4 Å². The zero-order valence-electron chi connectivity index (χ0n) is 17.0. The molecule has 2 aromatic rings. The summed E-state index contributed by atoms with van der Waals surface area (Å²) in [7, 11) is 0. The molecular formula is C24H28N4O. The Balaban J connectivity index is 1.45. The van der Waals surface area contributed by atoms with E-state index in [0.29, 0.717) is 19.6 Å². The summed E-state index contributed by atoms with van der Waals surface area (Å²) in [4.78, 5) is 16.8. The first-order valence-corrected chi connectivity index (χ1v) is 10.1. The van der Waals surface area contributed by atoms with Gasteiger partial charge in [0.05, 0.1) is 0 Å². The van der Waals surface area contributed by atoms with Crippen LogP contribution in [0.5, 0.6) is 0 Å². The molecule has 0 aliphatic carbocycles. The Morgan fingerprint density at radius 2 is 1.72 bits per heavy atom. The third-order valence-electron chi connectivity index (χ3n) is 5.18. The molecule has 1 saturated heterocycles. The molecule has 1 heterocycles. The monoisotopic (exact) mass is 388 g/mol. The molecule has 150 valence electrons. The van der Waals surface area contributed by atoms with E-state index in [1.807, 2.05) is 18.2 Å². The fraction of sp³-hybridized carbons (Fsp3) is 0.333. The Bertz CT molecular complexity index is 860. The minimum atomic E-state index is -0.185. The molecule has 29 heavy (non-hydrogen) atoms. The zero-order valence-corrected chi connectivity index (χ0v) is 17.0. The van der Waals surface area contributed by atoms with Gasteiger partial charge in [0.2, 0.25) is 0 Å². The van der Waals surface area contributed by atoms with Crippen LogP contribution < -0.4 is 5.32 Å². The number of nitrogens with one attached hydrogen (secondary N) is 1. The number of nitriles is 1. The molecule has 0 spiro atoms. The molecule has 0 atom stereocenters. The smallest absolute Gasteiger partial charge is 0.266 e. The minimum Gasteiger partial charge on any atom is -0.389 e. The number of carbonyl (C=O) groups excluding carboxylic acids is 1. The van der Waals surface area contributed by atoms with Crippen LogP contribution >= 0.6 is 0 Å². The Morgan fingerprint density at radius 1 is 1.03 bits per heavy atom. The molecule has 2 aromatic carbocycles. The van der Waals surface area contributed by atoms with Gasteiger partial charge in [0.25, 0.3) is 5.91 Å². The van der Waals surface area contributed by atoms with Crippen molar-refractivity contribution in [2.24, 2.45) is 0 Å². The molecule has 3 rings (SSSR count). The average molecular weight is 389 g/mol. The Hall–Kier alpha value is -3.10. The summed E-state index contributed by atoms with van der Waals surface area (Å²) >= 11 is 0. The molecular weight excluding hydrogens is 360 g/mol. The van der Waals surface area contributed by atoms with Gasteiger partial charge in [-0.1, -0.05) is 60.2 Å². The number of hydrogen-bond acceptors (Lipinski definition) is 4. The fourth-order valence-corrected chi connectivity index (χ4v) is 3.41. The van der Waals surface area contributed by atoms with Gasteiger partial charge in [0.15, 0.2) is 0 Å². The third kappa shape index (κ3) is 6.20. The van der Waals surface area contributed by atoms with E-state index in [2.05, 4.69) is 59.6 Å². The number of hydrogen-bond donors (Lipinski definition) is 1. The Labute approximate surface area is 173 Å². The molecule has 0 unspecified atom stereocenters. The predicted molar refractivity (Wildman–Crippen MR) is 115 cm³/mol. The van der Waals surface area contributed by atoms with Gasteiger partial charge in [0.1, 0.15) is 11.6 Å². The van der Waals surface area contributed by atoms with Crippen LogP contribution in [0.1, 0.15) is 16.7 Å². The van der Waals surface area contributed by atoms with Crippen molar-refractivity contribution in [1.29, 1.82) is 5.26 Å². The van der Waals surface area contributed by atoms with Gasteiger partial charge in [-0.2, -0.15) is 5.26 Å². The summed E-state index contributed by atoms with van der Waals surface area (Å²) in [6.45, 7) is 6.58. The van der Waals surface area contributed by atoms with Crippen LogP contribution in [-0.4, -0.2) is 48.4 Å². The van der Waals surface area contributed by atoms with E-state index in [1.54, 1.807) is 11.1 Å². The van der Waals surface area contributed by atoms with E-state index in [1.165, 1.54) is 16.7 Å². The van der Waals surface area contributed by atoms with Crippen LogP contribution in [0.2, 0.25) is 0 Å². The number of amides is 1. The van der Waals surface area contributed by atoms with Gasteiger partial charge >= 0.3 is 0 Å². The van der Waals surface area contributed by atoms with E-state index < -0.39 is 0 Å². The Kier molecular flexibility index (Phi) is 7.43. The average Bonchev–Trinajstić information content (AvgIpc) is 2.76. The largest absolute Gasteiger partial charge is 0.389 e. The van der Waals surface area contributed by atoms with Gasteiger partial charge in [-0.05, 0) is 24.5 Å². The molecule has 1 fully saturated rings. The second-order valence-corrected chi connectivity index (χ2v) is 7.41. The maximum atomic E-state index is 12.7. The molecule has 0 saturated carbocycles. The highest BCUT2D eigenvalue weighted by molar-refractivity contribution is 5.97. The van der Waals surface area contributed by atoms with Crippen LogP contribution in [0.4, 0.5) is 0 Å². The van der Waals surface area contributed by atoms with Gasteiger partial charge in [0, 0.05) is 45.5 Å². The van der Waals surface area contributed by atoms with Gasteiger partial charge in [-0.3, -0.25) is 9.69 Å². The second-order valence-electron chi connectivity index (χ2n) is 7.41. The first kappa shape index (κ1) is 20.6. The lowest BCUT2D eigenvalue weighted by Crippen LogP contribution is -2.48. The van der Waals surface area contributed by atoms with E-state index in [9.17, 15) is 10.1 Å². The van der Waals surface area contributed by atoms with Crippen LogP contribution in [-0.2, 0) is 17.8 Å². The maximum absolute atomic E-state index is 12.7. The van der Waals surface area contributed by atoms with Crippen molar-refractivity contribution in [3.8, 4) is 6.07 Å². The number of nitrogens with zero attached hydrogens (tertiary/aromatic N) is 3. The summed E-state index contributed by atoms with van der Waals surface area (Å²) < 4.78 is 0. The molecule has 0 aromatic heterocycles. The highest BCUT2D eigenvalue weighted by Crippen LogP contribution is 2.10. The number of carbonyl (C=O) groups is 1. The van der Waals surface area contributed by atoms with Crippen LogP contribution in [0.3, 0.4) is 0 Å². The van der Waals surface area contributed by atoms with Crippen molar-refractivity contribution in [3.63, 3.8) is 0 Å².